The van der Waals surface area contributed by atoms with E-state index in [-0.39, 0.29) is 5.82 Å². The Morgan fingerprint density at radius 3 is 2.79 bits per heavy atom. The molecule has 0 amide bonds. The number of hydrogen-bond acceptors (Lipinski definition) is 6. The lowest BCUT2D eigenvalue weighted by Crippen LogP contribution is -2.20. The van der Waals surface area contributed by atoms with Gasteiger partial charge in [0.15, 0.2) is 5.65 Å². The van der Waals surface area contributed by atoms with Gasteiger partial charge in [-0.1, -0.05) is 18.7 Å². The van der Waals surface area contributed by atoms with Gasteiger partial charge in [-0.2, -0.15) is 5.10 Å². The number of halogens is 1. The molecule has 8 nitrogen and oxygen atoms in total. The fraction of sp³-hybridized carbons (Fsp3) is 0.172. The highest BCUT2D eigenvalue weighted by molar-refractivity contribution is 6.00. The van der Waals surface area contributed by atoms with E-state index in [9.17, 15) is 4.39 Å². The predicted molar refractivity (Wildman–Crippen MR) is 154 cm³/mol. The molecule has 0 atom stereocenters. The quantitative estimate of drug-likeness (QED) is 0.215. The minimum atomic E-state index is -0.306. The molecule has 0 radical (unpaired) electrons. The van der Waals surface area contributed by atoms with Crippen LogP contribution >= 0.6 is 0 Å². The molecule has 5 aromatic rings. The number of fused-ring (bicyclic) bond motifs is 2. The lowest BCUT2D eigenvalue weighted by molar-refractivity contribution is 0.425. The topological polar surface area (TPSA) is 97.9 Å². The third-order valence-corrected chi connectivity index (χ3v) is 6.21. The number of aromatic amines is 2. The van der Waals surface area contributed by atoms with Gasteiger partial charge >= 0.3 is 0 Å². The van der Waals surface area contributed by atoms with E-state index in [0.29, 0.717) is 12.2 Å². The number of H-pyrrole nitrogens is 2. The first-order chi connectivity index (χ1) is 18.5. The molecule has 4 heterocycles. The first kappa shape index (κ1) is 25.0. The van der Waals surface area contributed by atoms with Crippen LogP contribution in [-0.4, -0.2) is 63.4 Å². The normalized spacial score (nSPS) is 12.3. The molecule has 0 aliphatic carbocycles. The number of nitrogens with one attached hydrogen (secondary N) is 3. The molecule has 38 heavy (non-hydrogen) atoms. The average Bonchev–Trinajstić information content (AvgIpc) is 3.52. The van der Waals surface area contributed by atoms with Gasteiger partial charge in [-0.15, -0.1) is 0 Å². The number of aromatic nitrogens is 5. The third kappa shape index (κ3) is 5.09. The number of allylic oxidation sites excluding steroid dienone is 2. The number of pyridine rings is 2. The second-order valence-electron chi connectivity index (χ2n) is 9.17. The Kier molecular flexibility index (Phi) is 7.10. The maximum absolute atomic E-state index is 14.6. The Morgan fingerprint density at radius 2 is 2.00 bits per heavy atom. The van der Waals surface area contributed by atoms with Gasteiger partial charge in [0.05, 0.1) is 28.8 Å². The van der Waals surface area contributed by atoms with Crippen molar-refractivity contribution >= 4 is 39.5 Å². The SMILES string of the molecule is C=CC=N/C(=C\C)c1cnc2n[nH]c(-c3cc4c(-c5cc(F)cc(NCCN(C)C)c5)cncc4[nH]3)c2c1. The summed E-state index contributed by atoms with van der Waals surface area (Å²) in [6, 6.07) is 9.04. The first-order valence-electron chi connectivity index (χ1n) is 12.3. The molecule has 192 valence electrons. The Bertz CT molecular complexity index is 1680. The molecule has 9 heteroatoms. The molecule has 3 N–H and O–H groups in total. The largest absolute Gasteiger partial charge is 0.384 e. The van der Waals surface area contributed by atoms with Crippen molar-refractivity contribution < 1.29 is 4.39 Å². The Hall–Kier alpha value is -4.63. The smallest absolute Gasteiger partial charge is 0.181 e. The molecule has 0 spiro atoms. The summed E-state index contributed by atoms with van der Waals surface area (Å²) in [6.45, 7) is 7.17. The van der Waals surface area contributed by atoms with E-state index in [1.165, 1.54) is 12.1 Å². The van der Waals surface area contributed by atoms with Crippen molar-refractivity contribution in [2.45, 2.75) is 6.92 Å². The number of benzene rings is 1. The Labute approximate surface area is 220 Å². The first-order valence-corrected chi connectivity index (χ1v) is 12.3. The van der Waals surface area contributed by atoms with Crippen molar-refractivity contribution in [3.05, 3.63) is 79.0 Å². The van der Waals surface area contributed by atoms with Crippen LogP contribution in [0.25, 0.3) is 50.1 Å². The highest BCUT2D eigenvalue weighted by Crippen LogP contribution is 2.35. The zero-order chi connectivity index (χ0) is 26.6. The molecule has 0 fully saturated rings. The third-order valence-electron chi connectivity index (χ3n) is 6.21. The molecular weight excluding hydrogens is 479 g/mol. The van der Waals surface area contributed by atoms with Crippen molar-refractivity contribution in [3.8, 4) is 22.5 Å². The van der Waals surface area contributed by atoms with Gasteiger partial charge < -0.3 is 15.2 Å². The van der Waals surface area contributed by atoms with E-state index in [1.54, 1.807) is 30.9 Å². The van der Waals surface area contributed by atoms with E-state index >= 15 is 0 Å². The van der Waals surface area contributed by atoms with E-state index < -0.39 is 0 Å². The summed E-state index contributed by atoms with van der Waals surface area (Å²) < 4.78 is 14.6. The van der Waals surface area contributed by atoms with Crippen molar-refractivity contribution in [1.29, 1.82) is 0 Å². The fourth-order valence-corrected chi connectivity index (χ4v) is 4.38. The summed E-state index contributed by atoms with van der Waals surface area (Å²) in [7, 11) is 4.01. The lowest BCUT2D eigenvalue weighted by Gasteiger charge is -2.13. The summed E-state index contributed by atoms with van der Waals surface area (Å²) in [4.78, 5) is 18.9. The molecular formula is C29H29FN8. The maximum atomic E-state index is 14.6. The second-order valence-corrected chi connectivity index (χ2v) is 9.17. The summed E-state index contributed by atoms with van der Waals surface area (Å²) in [5.41, 5.74) is 7.02. The molecule has 5 rings (SSSR count). The highest BCUT2D eigenvalue weighted by Gasteiger charge is 2.16. The van der Waals surface area contributed by atoms with Crippen molar-refractivity contribution in [1.82, 2.24) is 30.0 Å². The predicted octanol–water partition coefficient (Wildman–Crippen LogP) is 5.90. The summed E-state index contributed by atoms with van der Waals surface area (Å²) >= 11 is 0. The van der Waals surface area contributed by atoms with Gasteiger partial charge in [0.2, 0.25) is 0 Å². The molecule has 0 saturated carbocycles. The van der Waals surface area contributed by atoms with Crippen LogP contribution in [0.1, 0.15) is 12.5 Å². The Balaban J connectivity index is 1.55. The summed E-state index contributed by atoms with van der Waals surface area (Å²) in [5, 5.41) is 12.6. The molecule has 0 bridgehead atoms. The van der Waals surface area contributed by atoms with E-state index in [0.717, 1.165) is 62.3 Å². The highest BCUT2D eigenvalue weighted by atomic mass is 19.1. The van der Waals surface area contributed by atoms with Gasteiger partial charge in [0.1, 0.15) is 5.82 Å². The standard InChI is InChI=1S/C29H29FN8/c1-5-7-33-25(6-2)19-12-23-28(36-37-29(23)34-15-19)26-14-22-24(16-31-17-27(22)35-26)18-10-20(30)13-21(11-18)32-8-9-38(3)4/h5-7,10-17,32,35H,1,8-9H2,2-4H3,(H,34,36,37)/b25-6-,33-7?. The maximum Gasteiger partial charge on any atom is 0.181 e. The van der Waals surface area contributed by atoms with Crippen LogP contribution in [0.2, 0.25) is 0 Å². The van der Waals surface area contributed by atoms with Crippen molar-refractivity contribution in [2.24, 2.45) is 4.99 Å². The van der Waals surface area contributed by atoms with Crippen LogP contribution in [0.5, 0.6) is 0 Å². The number of rotatable bonds is 9. The number of hydrogen-bond donors (Lipinski definition) is 3. The van der Waals surface area contributed by atoms with Crippen LogP contribution < -0.4 is 5.32 Å². The number of anilines is 1. The summed E-state index contributed by atoms with van der Waals surface area (Å²) in [6.07, 6.45) is 10.5. The minimum Gasteiger partial charge on any atom is -0.384 e. The van der Waals surface area contributed by atoms with Gasteiger partial charge in [0.25, 0.3) is 0 Å². The van der Waals surface area contributed by atoms with Crippen LogP contribution in [0.4, 0.5) is 10.1 Å². The van der Waals surface area contributed by atoms with E-state index in [4.69, 9.17) is 0 Å². The van der Waals surface area contributed by atoms with Crippen molar-refractivity contribution in [3.63, 3.8) is 0 Å². The van der Waals surface area contributed by atoms with Crippen LogP contribution in [-0.2, 0) is 0 Å². The minimum absolute atomic E-state index is 0.306. The van der Waals surface area contributed by atoms with E-state index in [2.05, 4.69) is 46.9 Å². The van der Waals surface area contributed by atoms with Crippen molar-refractivity contribution in [2.75, 3.05) is 32.5 Å². The zero-order valence-electron chi connectivity index (χ0n) is 21.6. The van der Waals surface area contributed by atoms with E-state index in [1.807, 2.05) is 45.3 Å². The molecule has 0 saturated heterocycles. The average molecular weight is 509 g/mol. The Morgan fingerprint density at radius 1 is 1.13 bits per heavy atom. The summed E-state index contributed by atoms with van der Waals surface area (Å²) in [5.74, 6) is -0.306. The van der Waals surface area contributed by atoms with Gasteiger partial charge in [-0.05, 0) is 56.9 Å². The molecule has 0 unspecified atom stereocenters. The second kappa shape index (κ2) is 10.8. The van der Waals surface area contributed by atoms with Gasteiger partial charge in [-0.25, -0.2) is 9.37 Å². The molecule has 0 aliphatic heterocycles. The van der Waals surface area contributed by atoms with Gasteiger partial charge in [0, 0.05) is 59.3 Å². The van der Waals surface area contributed by atoms with Gasteiger partial charge in [-0.3, -0.25) is 15.1 Å². The number of likely N-dealkylation sites (N-methyl/N-ethyl adjacent to an activating group) is 1. The fourth-order valence-electron chi connectivity index (χ4n) is 4.38. The lowest BCUT2D eigenvalue weighted by atomic mass is 10.0. The monoisotopic (exact) mass is 508 g/mol. The molecule has 0 aliphatic rings. The van der Waals surface area contributed by atoms with Crippen LogP contribution in [0.15, 0.2) is 72.6 Å². The zero-order valence-corrected chi connectivity index (χ0v) is 21.6. The molecule has 1 aromatic carbocycles. The number of aliphatic imine (C=N–C) groups is 1. The molecule has 4 aromatic heterocycles. The number of nitrogens with zero attached hydrogens (tertiary/aromatic N) is 5. The van der Waals surface area contributed by atoms with Crippen LogP contribution in [0.3, 0.4) is 0 Å². The van der Waals surface area contributed by atoms with Crippen LogP contribution in [0, 0.1) is 5.82 Å².